The van der Waals surface area contributed by atoms with E-state index < -0.39 is 23.9 Å². The second kappa shape index (κ2) is 68.7. The zero-order valence-electron chi connectivity index (χ0n) is 56.8. The molecule has 8 N–H and O–H groups in total. The number of carboxylic acid groups (broad SMARTS) is 1. The normalized spacial score (nSPS) is 9.37. The van der Waals surface area contributed by atoms with E-state index in [1.54, 1.807) is 109 Å². The number of hydrogen-bond donors (Lipinski definition) is 8. The molecule has 0 atom stereocenters. The van der Waals surface area contributed by atoms with Crippen LogP contribution in [0.4, 0.5) is 0 Å². The number of aromatic carboxylic acids is 1. The fourth-order valence-corrected chi connectivity index (χ4v) is 7.36. The van der Waals surface area contributed by atoms with Gasteiger partial charge in [-0.1, -0.05) is 135 Å². The van der Waals surface area contributed by atoms with Crippen LogP contribution in [0.15, 0.2) is 232 Å². The maximum atomic E-state index is 12.2. The molecule has 0 unspecified atom stereocenters. The molecule has 0 aliphatic rings. The SMILES string of the molecule is C.C.C.C.C.C=CC(=O)OCc1ccc(C(=O)O)cc1.C=CC(=O)OCc1ccc(C(=O)Oc2ccc(OCCOCCO)cc2)cc1.CO.OCCOCCCl.OCCOCCOc1ccc(O)cc1.OCCOCCOc1ccc(OCc2ccccc2)cc1.Oc1ccc(OCc2ccccc2)cc1. The highest BCUT2D eigenvalue weighted by Gasteiger charge is 2.10. The van der Waals surface area contributed by atoms with Gasteiger partial charge in [-0.15, -0.1) is 11.6 Å². The van der Waals surface area contributed by atoms with E-state index >= 15 is 0 Å². The maximum absolute atomic E-state index is 12.2. The number of halogens is 1. The molecule has 0 aliphatic heterocycles. The van der Waals surface area contributed by atoms with Gasteiger partial charge in [-0.25, -0.2) is 19.2 Å². The Morgan fingerprint density at radius 3 is 0.925 bits per heavy atom. The molecule has 0 amide bonds. The molecule has 0 aromatic heterocycles. The third kappa shape index (κ3) is 52.3. The van der Waals surface area contributed by atoms with Crippen molar-refractivity contribution in [2.45, 2.75) is 63.6 Å². The Labute approximate surface area is 636 Å². The summed E-state index contributed by atoms with van der Waals surface area (Å²) in [6.45, 7) is 12.4. The first kappa shape index (κ1) is 103. The van der Waals surface area contributed by atoms with Crippen molar-refractivity contribution in [3.05, 3.63) is 265 Å². The molecule has 107 heavy (non-hydrogen) atoms. The summed E-state index contributed by atoms with van der Waals surface area (Å²) in [6.07, 6.45) is 2.17. The minimum absolute atomic E-state index is 0. The van der Waals surface area contributed by atoms with Crippen molar-refractivity contribution in [3.63, 3.8) is 0 Å². The minimum atomic E-state index is -0.982. The molecule has 25 heteroatoms. The number of rotatable bonds is 37. The molecule has 0 heterocycles. The van der Waals surface area contributed by atoms with Crippen molar-refractivity contribution in [3.8, 4) is 46.0 Å². The van der Waals surface area contributed by atoms with E-state index in [9.17, 15) is 19.2 Å². The summed E-state index contributed by atoms with van der Waals surface area (Å²) < 4.78 is 62.5. The number of carbonyl (C=O) groups is 4. The molecular weight excluding hydrogens is 1400 g/mol. The molecule has 590 valence electrons. The number of aliphatic hydroxyl groups is 5. The summed E-state index contributed by atoms with van der Waals surface area (Å²) >= 11 is 5.23. The average Bonchev–Trinajstić information content (AvgIpc) is 0.964. The molecule has 0 saturated heterocycles. The van der Waals surface area contributed by atoms with Gasteiger partial charge in [-0.3, -0.25) is 0 Å². The second-order valence-corrected chi connectivity index (χ2v) is 20.1. The number of benzene rings is 8. The molecule has 0 aliphatic carbocycles. The third-order valence-electron chi connectivity index (χ3n) is 12.2. The van der Waals surface area contributed by atoms with E-state index in [1.807, 2.05) is 84.9 Å². The highest BCUT2D eigenvalue weighted by Crippen LogP contribution is 2.22. The second-order valence-electron chi connectivity index (χ2n) is 19.8. The maximum Gasteiger partial charge on any atom is 0.343 e. The van der Waals surface area contributed by atoms with Crippen LogP contribution in [0.5, 0.6) is 46.0 Å². The van der Waals surface area contributed by atoms with Crippen LogP contribution < -0.4 is 28.4 Å². The van der Waals surface area contributed by atoms with Crippen LogP contribution in [0.1, 0.15) is 80.1 Å². The van der Waals surface area contributed by atoms with Crippen molar-refractivity contribution in [1.29, 1.82) is 0 Å². The Bertz CT molecular complexity index is 3420. The molecule has 8 rings (SSSR count). The minimum Gasteiger partial charge on any atom is -0.508 e. The van der Waals surface area contributed by atoms with E-state index in [1.165, 1.54) is 12.1 Å². The summed E-state index contributed by atoms with van der Waals surface area (Å²) in [7, 11) is 1.00. The van der Waals surface area contributed by atoms with E-state index in [2.05, 4.69) is 13.2 Å². The molecule has 0 bridgehead atoms. The van der Waals surface area contributed by atoms with E-state index in [0.29, 0.717) is 108 Å². The number of hydrogen-bond acceptors (Lipinski definition) is 23. The molecule has 0 radical (unpaired) electrons. The summed E-state index contributed by atoms with van der Waals surface area (Å²) in [5.41, 5.74) is 4.32. The van der Waals surface area contributed by atoms with Gasteiger partial charge in [0.15, 0.2) is 0 Å². The number of phenols is 2. The standard InChI is InChI=1S/C21H22O7.C17H20O4.C13H12O2.C11H10O4.C10H14O4.C4H9ClO2.CH4O.5CH4/c1-2-20(23)27-15-16-3-5-17(6-4-16)21(24)28-19-9-7-18(8-10-19)26-14-13-25-12-11-22;18-10-11-19-12-13-20-16-6-8-17(9-7-16)21-14-15-4-2-1-3-5-15;14-12-6-8-13(9-7-12)15-10-11-4-2-1-3-5-11;1-2-10(12)15-7-8-3-5-9(6-4-8)11(13)14;11-5-6-13-7-8-14-10-3-1-9(12)2-4-10;5-1-3-7-4-2-6;1-2;;;;;/h2-10,22H,1,11-15H2;1-9,18H,10-14H2;1-9,14H,10H2;2-6H,1,7H2,(H,13,14);1-4,11-12H,5-8H2;6H,1-4H2;2H,1H3;5*1H4. The lowest BCUT2D eigenvalue weighted by molar-refractivity contribution is -0.139. The quantitative estimate of drug-likeness (QED) is 0.00589. The lowest BCUT2D eigenvalue weighted by Gasteiger charge is -2.09. The number of alkyl halides is 1. The largest absolute Gasteiger partial charge is 0.508 e. The third-order valence-corrected chi connectivity index (χ3v) is 12.3. The van der Waals surface area contributed by atoms with Gasteiger partial charge in [-0.05, 0) is 144 Å². The average molecular weight is 1520 g/mol. The summed E-state index contributed by atoms with van der Waals surface area (Å²) in [5.74, 6) is 2.51. The highest BCUT2D eigenvalue weighted by atomic mass is 35.5. The zero-order valence-corrected chi connectivity index (χ0v) is 57.6. The van der Waals surface area contributed by atoms with Gasteiger partial charge < -0.3 is 97.7 Å². The van der Waals surface area contributed by atoms with Crippen LogP contribution >= 0.6 is 11.6 Å². The summed E-state index contributed by atoms with van der Waals surface area (Å²) in [5, 5.41) is 67.4. The van der Waals surface area contributed by atoms with Crippen LogP contribution in [0.3, 0.4) is 0 Å². The monoisotopic (exact) mass is 1510 g/mol. The molecule has 8 aromatic carbocycles. The van der Waals surface area contributed by atoms with E-state index in [0.717, 1.165) is 58.8 Å². The number of aliphatic hydroxyl groups excluding tert-OH is 5. The van der Waals surface area contributed by atoms with Crippen molar-refractivity contribution >= 4 is 35.5 Å². The predicted molar refractivity (Wildman–Crippen MR) is 416 cm³/mol. The topological polar surface area (TPSA) is 341 Å². The van der Waals surface area contributed by atoms with Crippen LogP contribution in [0.25, 0.3) is 0 Å². The summed E-state index contributed by atoms with van der Waals surface area (Å²) in [4.78, 5) is 44.5. The number of phenolic OH excluding ortho intramolecular Hbond substituents is 2. The van der Waals surface area contributed by atoms with Crippen LogP contribution in [0, 0.1) is 0 Å². The van der Waals surface area contributed by atoms with Crippen molar-refractivity contribution in [2.75, 3.05) is 112 Å². The molecule has 24 nitrogen and oxygen atoms in total. The fourth-order valence-electron chi connectivity index (χ4n) is 7.25. The van der Waals surface area contributed by atoms with Crippen LogP contribution in [-0.4, -0.2) is 177 Å². The fraction of sp³-hybridized carbons (Fsp3) is 0.317. The first-order valence-corrected chi connectivity index (χ1v) is 32.2. The Kier molecular flexibility index (Phi) is 66.2. The molecular formula is C82H111ClO24. The van der Waals surface area contributed by atoms with Gasteiger partial charge >= 0.3 is 23.9 Å². The number of carboxylic acids is 1. The Hall–Kier alpha value is -10.4. The first-order chi connectivity index (χ1) is 49.7. The van der Waals surface area contributed by atoms with Crippen molar-refractivity contribution in [1.82, 2.24) is 0 Å². The number of esters is 3. The van der Waals surface area contributed by atoms with Crippen LogP contribution in [0.2, 0.25) is 0 Å². The van der Waals surface area contributed by atoms with Gasteiger partial charge in [0, 0.05) is 25.1 Å². The van der Waals surface area contributed by atoms with Crippen molar-refractivity contribution < 1.29 is 117 Å². The smallest absolute Gasteiger partial charge is 0.343 e. The van der Waals surface area contributed by atoms with Gasteiger partial charge in [0.2, 0.25) is 0 Å². The van der Waals surface area contributed by atoms with E-state index in [4.69, 9.17) is 109 Å². The molecule has 8 aromatic rings. The molecule has 0 fully saturated rings. The highest BCUT2D eigenvalue weighted by molar-refractivity contribution is 6.18. The predicted octanol–water partition coefficient (Wildman–Crippen LogP) is 13.6. The van der Waals surface area contributed by atoms with Gasteiger partial charge in [0.25, 0.3) is 0 Å². The Morgan fingerprint density at radius 1 is 0.346 bits per heavy atom. The number of ether oxygens (including phenoxy) is 12. The Morgan fingerprint density at radius 2 is 0.626 bits per heavy atom. The Balaban J connectivity index is -0.000000608. The lowest BCUT2D eigenvalue weighted by Crippen LogP contribution is -2.10. The van der Waals surface area contributed by atoms with E-state index in [-0.39, 0.29) is 100 Å². The molecule has 0 saturated carbocycles. The van der Waals surface area contributed by atoms with Crippen LogP contribution in [-0.2, 0) is 64.4 Å². The first-order valence-electron chi connectivity index (χ1n) is 31.7. The summed E-state index contributed by atoms with van der Waals surface area (Å²) in [6, 6.07) is 60.0. The zero-order chi connectivity index (χ0) is 74.5. The molecule has 0 spiro atoms. The number of aromatic hydroxyl groups is 2. The lowest BCUT2D eigenvalue weighted by atomic mass is 10.1. The van der Waals surface area contributed by atoms with Gasteiger partial charge in [-0.2, -0.15) is 0 Å². The van der Waals surface area contributed by atoms with Gasteiger partial charge in [0.05, 0.1) is 90.4 Å². The van der Waals surface area contributed by atoms with Gasteiger partial charge in [0.1, 0.15) is 92.2 Å². The van der Waals surface area contributed by atoms with Crippen molar-refractivity contribution in [2.24, 2.45) is 0 Å². The number of carbonyl (C=O) groups excluding carboxylic acids is 3.